The van der Waals surface area contributed by atoms with Crippen LogP contribution in [0.3, 0.4) is 0 Å². The molecule has 5 nitrogen and oxygen atoms in total. The zero-order valence-electron chi connectivity index (χ0n) is 11.6. The lowest BCUT2D eigenvalue weighted by Crippen LogP contribution is -2.31. The van der Waals surface area contributed by atoms with Gasteiger partial charge in [0.1, 0.15) is 0 Å². The number of nitrogens with zero attached hydrogens (tertiary/aromatic N) is 2. The summed E-state index contributed by atoms with van der Waals surface area (Å²) in [6.45, 7) is -0.433. The standard InChI is InChI=1S/C14H14F3N3O2/c1-20-7-10(12(19-20)14(15,16)17)13(22)18-11(8-21)9-5-3-2-4-6-9/h2-7,11,21H,8H2,1H3,(H,18,22)/t11-/m1/s1. The average molecular weight is 313 g/mol. The molecule has 0 unspecified atom stereocenters. The molecule has 0 saturated heterocycles. The molecule has 2 aromatic rings. The number of hydrogen-bond acceptors (Lipinski definition) is 3. The molecule has 0 aliphatic heterocycles. The number of benzene rings is 1. The Bertz CT molecular complexity index is 653. The second-order valence-electron chi connectivity index (χ2n) is 4.68. The summed E-state index contributed by atoms with van der Waals surface area (Å²) in [5, 5.41) is 15.0. The van der Waals surface area contributed by atoms with Crippen LogP contribution in [0.2, 0.25) is 0 Å². The molecule has 1 aromatic carbocycles. The number of halogens is 3. The average Bonchev–Trinajstić information content (AvgIpc) is 2.88. The van der Waals surface area contributed by atoms with Crippen molar-refractivity contribution in [1.82, 2.24) is 15.1 Å². The SMILES string of the molecule is Cn1cc(C(=O)N[C@H](CO)c2ccccc2)c(C(F)(F)F)n1. The smallest absolute Gasteiger partial charge is 0.394 e. The van der Waals surface area contributed by atoms with Gasteiger partial charge in [0.15, 0.2) is 5.69 Å². The zero-order chi connectivity index (χ0) is 16.3. The molecule has 22 heavy (non-hydrogen) atoms. The number of nitrogens with one attached hydrogen (secondary N) is 1. The third-order valence-corrected chi connectivity index (χ3v) is 3.03. The van der Waals surface area contributed by atoms with Gasteiger partial charge in [0, 0.05) is 13.2 Å². The van der Waals surface area contributed by atoms with Crippen molar-refractivity contribution in [2.75, 3.05) is 6.61 Å². The predicted octanol–water partition coefficient (Wildman–Crippen LogP) is 1.90. The van der Waals surface area contributed by atoms with Crippen LogP contribution in [0, 0.1) is 0 Å². The van der Waals surface area contributed by atoms with Gasteiger partial charge in [-0.3, -0.25) is 9.48 Å². The Hall–Kier alpha value is -2.35. The van der Waals surface area contributed by atoms with Crippen molar-refractivity contribution in [1.29, 1.82) is 0 Å². The topological polar surface area (TPSA) is 67.2 Å². The van der Waals surface area contributed by atoms with E-state index in [-0.39, 0.29) is 0 Å². The predicted molar refractivity (Wildman–Crippen MR) is 71.9 cm³/mol. The summed E-state index contributed by atoms with van der Waals surface area (Å²) in [7, 11) is 1.30. The lowest BCUT2D eigenvalue weighted by Gasteiger charge is -2.16. The highest BCUT2D eigenvalue weighted by Gasteiger charge is 2.39. The first-order valence-corrected chi connectivity index (χ1v) is 6.40. The van der Waals surface area contributed by atoms with Crippen LogP contribution in [-0.2, 0) is 13.2 Å². The molecule has 1 amide bonds. The first-order chi connectivity index (χ1) is 10.3. The van der Waals surface area contributed by atoms with Crippen LogP contribution in [0.4, 0.5) is 13.2 Å². The van der Waals surface area contributed by atoms with Crippen molar-refractivity contribution in [3.8, 4) is 0 Å². The Morgan fingerprint density at radius 1 is 1.36 bits per heavy atom. The molecule has 0 spiro atoms. The number of hydrogen-bond donors (Lipinski definition) is 2. The largest absolute Gasteiger partial charge is 0.435 e. The summed E-state index contributed by atoms with van der Waals surface area (Å²) in [6, 6.07) is 7.69. The fourth-order valence-electron chi connectivity index (χ4n) is 2.02. The Balaban J connectivity index is 2.26. The summed E-state index contributed by atoms with van der Waals surface area (Å²) in [6.07, 6.45) is -3.73. The second kappa shape index (κ2) is 6.18. The van der Waals surface area contributed by atoms with Crippen LogP contribution in [-0.4, -0.2) is 27.4 Å². The quantitative estimate of drug-likeness (QED) is 0.906. The molecule has 118 valence electrons. The molecule has 0 saturated carbocycles. The van der Waals surface area contributed by atoms with Crippen LogP contribution in [0.25, 0.3) is 0 Å². The Morgan fingerprint density at radius 2 is 2.00 bits per heavy atom. The van der Waals surface area contributed by atoms with Crippen LogP contribution < -0.4 is 5.32 Å². The molecule has 0 fully saturated rings. The van der Waals surface area contributed by atoms with Crippen LogP contribution in [0.1, 0.15) is 27.7 Å². The molecule has 0 bridgehead atoms. The maximum absolute atomic E-state index is 12.9. The van der Waals surface area contributed by atoms with Gasteiger partial charge in [0.25, 0.3) is 5.91 Å². The Kier molecular flexibility index (Phi) is 4.51. The summed E-state index contributed by atoms with van der Waals surface area (Å²) in [4.78, 5) is 12.1. The van der Waals surface area contributed by atoms with Gasteiger partial charge in [0.2, 0.25) is 0 Å². The number of amides is 1. The molecule has 1 atom stereocenters. The molecule has 0 aliphatic rings. The summed E-state index contributed by atoms with van der Waals surface area (Å²) >= 11 is 0. The van der Waals surface area contributed by atoms with Crippen molar-refractivity contribution in [3.05, 3.63) is 53.3 Å². The number of aliphatic hydroxyl groups is 1. The van der Waals surface area contributed by atoms with Gasteiger partial charge in [-0.05, 0) is 5.56 Å². The van der Waals surface area contributed by atoms with E-state index in [1.165, 1.54) is 7.05 Å². The molecule has 1 aromatic heterocycles. The van der Waals surface area contributed by atoms with E-state index < -0.39 is 36.0 Å². The molecule has 0 radical (unpaired) electrons. The zero-order valence-corrected chi connectivity index (χ0v) is 11.6. The first-order valence-electron chi connectivity index (χ1n) is 6.40. The van der Waals surface area contributed by atoms with Crippen molar-refractivity contribution < 1.29 is 23.1 Å². The van der Waals surface area contributed by atoms with E-state index in [0.29, 0.717) is 5.56 Å². The van der Waals surface area contributed by atoms with Crippen molar-refractivity contribution in [3.63, 3.8) is 0 Å². The number of carbonyl (C=O) groups excluding carboxylic acids is 1. The summed E-state index contributed by atoms with van der Waals surface area (Å²) < 4.78 is 39.5. The molecule has 0 aliphatic carbocycles. The molecular weight excluding hydrogens is 299 g/mol. The van der Waals surface area contributed by atoms with Gasteiger partial charge in [-0.1, -0.05) is 30.3 Å². The number of aromatic nitrogens is 2. The number of aryl methyl sites for hydroxylation is 1. The van der Waals surface area contributed by atoms with Crippen molar-refractivity contribution in [2.24, 2.45) is 7.05 Å². The third-order valence-electron chi connectivity index (χ3n) is 3.03. The normalized spacial score (nSPS) is 13.0. The highest BCUT2D eigenvalue weighted by molar-refractivity contribution is 5.95. The van der Waals surface area contributed by atoms with Gasteiger partial charge in [-0.2, -0.15) is 18.3 Å². The van der Waals surface area contributed by atoms with E-state index in [1.54, 1.807) is 30.3 Å². The summed E-state index contributed by atoms with van der Waals surface area (Å²) in [5.41, 5.74) is -1.24. The molecule has 2 N–H and O–H groups in total. The van der Waals surface area contributed by atoms with Crippen LogP contribution in [0.15, 0.2) is 36.5 Å². The monoisotopic (exact) mass is 313 g/mol. The van der Waals surface area contributed by atoms with Crippen molar-refractivity contribution >= 4 is 5.91 Å². The van der Waals surface area contributed by atoms with E-state index in [1.807, 2.05) is 0 Å². The molecular formula is C14H14F3N3O2. The number of alkyl halides is 3. The van der Waals surface area contributed by atoms with Gasteiger partial charge in [-0.15, -0.1) is 0 Å². The number of carbonyl (C=O) groups is 1. The fourth-order valence-corrected chi connectivity index (χ4v) is 2.02. The molecule has 8 heteroatoms. The highest BCUT2D eigenvalue weighted by Crippen LogP contribution is 2.30. The van der Waals surface area contributed by atoms with E-state index in [4.69, 9.17) is 0 Å². The number of aliphatic hydroxyl groups excluding tert-OH is 1. The van der Waals surface area contributed by atoms with E-state index in [0.717, 1.165) is 10.9 Å². The van der Waals surface area contributed by atoms with E-state index in [2.05, 4.69) is 10.4 Å². The maximum Gasteiger partial charge on any atom is 0.435 e. The minimum atomic E-state index is -4.73. The van der Waals surface area contributed by atoms with Crippen LogP contribution in [0.5, 0.6) is 0 Å². The minimum Gasteiger partial charge on any atom is -0.394 e. The van der Waals surface area contributed by atoms with Gasteiger partial charge in [-0.25, -0.2) is 0 Å². The fraction of sp³-hybridized carbons (Fsp3) is 0.286. The lowest BCUT2D eigenvalue weighted by atomic mass is 10.1. The Morgan fingerprint density at radius 3 is 2.55 bits per heavy atom. The van der Waals surface area contributed by atoms with E-state index >= 15 is 0 Å². The minimum absolute atomic E-state index is 0.433. The lowest BCUT2D eigenvalue weighted by molar-refractivity contribution is -0.141. The first kappa shape index (κ1) is 16.0. The van der Waals surface area contributed by atoms with E-state index in [9.17, 15) is 23.1 Å². The maximum atomic E-state index is 12.9. The van der Waals surface area contributed by atoms with Gasteiger partial charge in [0.05, 0.1) is 18.2 Å². The van der Waals surface area contributed by atoms with Crippen LogP contribution >= 0.6 is 0 Å². The van der Waals surface area contributed by atoms with Gasteiger partial charge < -0.3 is 10.4 Å². The summed E-state index contributed by atoms with van der Waals surface area (Å²) in [5.74, 6) is -0.941. The second-order valence-corrected chi connectivity index (χ2v) is 4.68. The number of rotatable bonds is 4. The molecule has 1 heterocycles. The Labute approximate surface area is 124 Å². The highest BCUT2D eigenvalue weighted by atomic mass is 19.4. The third kappa shape index (κ3) is 3.45. The van der Waals surface area contributed by atoms with Crippen molar-refractivity contribution in [2.45, 2.75) is 12.2 Å². The van der Waals surface area contributed by atoms with Gasteiger partial charge >= 0.3 is 6.18 Å². The molecule has 2 rings (SSSR count).